The molecule has 4 nitrogen and oxygen atoms in total. The van der Waals surface area contributed by atoms with E-state index in [1.165, 1.54) is 23.1 Å². The topological polar surface area (TPSA) is 61.8 Å². The minimum atomic E-state index is -0.880. The largest absolute Gasteiger partial charge is 0.387 e. The van der Waals surface area contributed by atoms with Gasteiger partial charge < -0.3 is 5.11 Å². The molecule has 0 aliphatic heterocycles. The van der Waals surface area contributed by atoms with E-state index in [1.54, 1.807) is 0 Å². The van der Waals surface area contributed by atoms with Crippen molar-refractivity contribution in [2.24, 2.45) is 22.2 Å². The van der Waals surface area contributed by atoms with Gasteiger partial charge in [0.15, 0.2) is 0 Å². The Balaban J connectivity index is 2.18. The number of hydrogen-bond donors (Lipinski definition) is 2. The van der Waals surface area contributed by atoms with Crippen molar-refractivity contribution in [2.45, 2.75) is 38.7 Å². The highest BCUT2D eigenvalue weighted by Crippen LogP contribution is 2.50. The van der Waals surface area contributed by atoms with Gasteiger partial charge >= 0.3 is 0 Å². The molecule has 0 heterocycles. The number of nitrogens with two attached hydrogens (primary N) is 1. The Morgan fingerprint density at radius 1 is 1.43 bits per heavy atom. The minimum absolute atomic E-state index is 0.141. The summed E-state index contributed by atoms with van der Waals surface area (Å²) < 4.78 is 0. The van der Waals surface area contributed by atoms with Crippen LogP contribution in [-0.2, 0) is 6.42 Å². The molecule has 2 rings (SSSR count). The van der Waals surface area contributed by atoms with Crippen molar-refractivity contribution in [1.82, 2.24) is 5.01 Å². The van der Waals surface area contributed by atoms with Crippen LogP contribution in [0.4, 0.5) is 0 Å². The summed E-state index contributed by atoms with van der Waals surface area (Å²) in [5, 5.41) is 13.6. The second kappa shape index (κ2) is 7.04. The Hall–Kier alpha value is -1.36. The number of halogens is 1. The summed E-state index contributed by atoms with van der Waals surface area (Å²) in [5.41, 5.74) is 0.0945. The van der Waals surface area contributed by atoms with E-state index in [0.717, 1.165) is 24.3 Å². The summed E-state index contributed by atoms with van der Waals surface area (Å²) in [5.74, 6) is 6.12. The average Bonchev–Trinajstić information content (AvgIpc) is 2.71. The molecule has 0 radical (unpaired) electrons. The van der Waals surface area contributed by atoms with E-state index in [2.05, 4.69) is 25.4 Å². The molecule has 5 heteroatoms. The monoisotopic (exact) mass is 335 g/mol. The van der Waals surface area contributed by atoms with Gasteiger partial charge in [0.2, 0.25) is 0 Å². The van der Waals surface area contributed by atoms with Gasteiger partial charge in [0.25, 0.3) is 0 Å². The minimum Gasteiger partial charge on any atom is -0.387 e. The van der Waals surface area contributed by atoms with Crippen LogP contribution >= 0.6 is 11.6 Å². The maximum Gasteiger partial charge on any atom is 0.105 e. The van der Waals surface area contributed by atoms with Gasteiger partial charge in [0.1, 0.15) is 6.34 Å². The third-order valence-electron chi connectivity index (χ3n) is 5.10. The van der Waals surface area contributed by atoms with E-state index in [0.29, 0.717) is 6.54 Å². The average molecular weight is 336 g/mol. The summed E-state index contributed by atoms with van der Waals surface area (Å²) in [6.45, 7) is 8.09. The Morgan fingerprint density at radius 3 is 2.70 bits per heavy atom. The number of aliphatic imine (C=N–C) groups is 1. The third-order valence-corrected chi connectivity index (χ3v) is 5.36. The van der Waals surface area contributed by atoms with Crippen LogP contribution in [0.5, 0.6) is 0 Å². The summed E-state index contributed by atoms with van der Waals surface area (Å²) >= 11 is 5.95. The lowest BCUT2D eigenvalue weighted by molar-refractivity contribution is -0.0868. The van der Waals surface area contributed by atoms with Gasteiger partial charge in [0.05, 0.1) is 12.1 Å². The van der Waals surface area contributed by atoms with Crippen LogP contribution in [0.2, 0.25) is 5.02 Å². The molecular formula is C18H26ClN3O. The van der Waals surface area contributed by atoms with Crippen molar-refractivity contribution in [3.05, 3.63) is 47.6 Å². The Bertz CT molecular complexity index is 570. The number of rotatable bonds is 6. The van der Waals surface area contributed by atoms with Gasteiger partial charge in [-0.25, -0.2) is 10.8 Å². The summed E-state index contributed by atoms with van der Waals surface area (Å²) in [7, 11) is 0. The lowest BCUT2D eigenvalue weighted by Gasteiger charge is -2.42. The van der Waals surface area contributed by atoms with Crippen LogP contribution in [0.3, 0.4) is 0 Å². The van der Waals surface area contributed by atoms with Crippen LogP contribution in [0, 0.1) is 11.3 Å². The van der Waals surface area contributed by atoms with Crippen LogP contribution < -0.4 is 5.84 Å². The number of hydrazine groups is 1. The smallest absolute Gasteiger partial charge is 0.105 e. The fourth-order valence-electron chi connectivity index (χ4n) is 3.51. The summed E-state index contributed by atoms with van der Waals surface area (Å²) in [6.07, 6.45) is 5.67. The quantitative estimate of drug-likeness (QED) is 0.362. The normalized spacial score (nSPS) is 26.6. The second-order valence-electron chi connectivity index (χ2n) is 6.99. The molecule has 126 valence electrons. The molecule has 2 unspecified atom stereocenters. The van der Waals surface area contributed by atoms with Crippen LogP contribution in [0.1, 0.15) is 32.3 Å². The summed E-state index contributed by atoms with van der Waals surface area (Å²) in [6, 6.07) is 7.82. The number of hydrogen-bond acceptors (Lipinski definition) is 3. The fraction of sp³-hybridized carbons (Fsp3) is 0.500. The molecule has 1 aromatic carbocycles. The van der Waals surface area contributed by atoms with Crippen LogP contribution in [-0.4, -0.2) is 28.6 Å². The van der Waals surface area contributed by atoms with Crippen molar-refractivity contribution in [3.8, 4) is 0 Å². The lowest BCUT2D eigenvalue weighted by Crippen LogP contribution is -2.55. The van der Waals surface area contributed by atoms with Crippen LogP contribution in [0.15, 0.2) is 42.0 Å². The molecule has 0 aromatic heterocycles. The maximum absolute atomic E-state index is 11.4. The molecule has 0 saturated heterocycles. The second-order valence-corrected chi connectivity index (χ2v) is 7.43. The zero-order valence-electron chi connectivity index (χ0n) is 13.9. The highest BCUT2D eigenvalue weighted by atomic mass is 35.5. The maximum atomic E-state index is 11.4. The SMILES string of the molecule is C=C/N=C\N(N)CC1(O)C(Cc2ccc(Cl)cc2)CCC1(C)C. The summed E-state index contributed by atoms with van der Waals surface area (Å²) in [4.78, 5) is 3.93. The molecule has 0 bridgehead atoms. The van der Waals surface area contributed by atoms with E-state index in [-0.39, 0.29) is 11.3 Å². The number of benzene rings is 1. The molecule has 1 aromatic rings. The zero-order valence-corrected chi connectivity index (χ0v) is 14.6. The van der Waals surface area contributed by atoms with Crippen molar-refractivity contribution in [3.63, 3.8) is 0 Å². The first kappa shape index (κ1) is 18.0. The van der Waals surface area contributed by atoms with Gasteiger partial charge in [-0.2, -0.15) is 0 Å². The first-order valence-corrected chi connectivity index (χ1v) is 8.29. The van der Waals surface area contributed by atoms with Gasteiger partial charge in [-0.1, -0.05) is 44.2 Å². The Kier molecular flexibility index (Phi) is 5.50. The standard InChI is InChI=1S/C18H26ClN3O/c1-4-21-13-22(20)12-18(23)15(9-10-17(18,2)3)11-14-5-7-16(19)8-6-14/h4-8,13,15,23H,1,9-12,20H2,2-3H3/b21-13-. The van der Waals surface area contributed by atoms with Crippen molar-refractivity contribution < 1.29 is 5.11 Å². The highest BCUT2D eigenvalue weighted by molar-refractivity contribution is 6.30. The first-order chi connectivity index (χ1) is 10.8. The molecule has 0 amide bonds. The highest BCUT2D eigenvalue weighted by Gasteiger charge is 2.54. The van der Waals surface area contributed by atoms with E-state index in [4.69, 9.17) is 17.4 Å². The molecule has 0 spiro atoms. The molecule has 1 aliphatic carbocycles. The Labute approximate surface area is 143 Å². The molecule has 23 heavy (non-hydrogen) atoms. The Morgan fingerprint density at radius 2 is 2.09 bits per heavy atom. The van der Waals surface area contributed by atoms with E-state index < -0.39 is 5.60 Å². The van der Waals surface area contributed by atoms with Gasteiger partial charge in [0, 0.05) is 11.2 Å². The molecule has 1 fully saturated rings. The first-order valence-electron chi connectivity index (χ1n) is 7.91. The molecular weight excluding hydrogens is 310 g/mol. The van der Waals surface area contributed by atoms with Gasteiger partial charge in [-0.3, -0.25) is 5.01 Å². The molecule has 3 N–H and O–H groups in total. The molecule has 1 saturated carbocycles. The fourth-order valence-corrected chi connectivity index (χ4v) is 3.64. The zero-order chi connectivity index (χ0) is 17.1. The van der Waals surface area contributed by atoms with Crippen molar-refractivity contribution in [2.75, 3.05) is 6.54 Å². The van der Waals surface area contributed by atoms with E-state index >= 15 is 0 Å². The lowest BCUT2D eigenvalue weighted by atomic mass is 9.72. The van der Waals surface area contributed by atoms with Crippen molar-refractivity contribution >= 4 is 17.9 Å². The molecule has 1 aliphatic rings. The third kappa shape index (κ3) is 3.94. The van der Waals surface area contributed by atoms with Crippen LogP contribution in [0.25, 0.3) is 0 Å². The van der Waals surface area contributed by atoms with E-state index in [1.807, 2.05) is 24.3 Å². The number of aliphatic hydroxyl groups is 1. The number of nitrogens with zero attached hydrogens (tertiary/aromatic N) is 2. The van der Waals surface area contributed by atoms with Gasteiger partial charge in [-0.05, 0) is 48.3 Å². The van der Waals surface area contributed by atoms with Gasteiger partial charge in [-0.15, -0.1) is 0 Å². The predicted molar refractivity (Wildman–Crippen MR) is 96.2 cm³/mol. The van der Waals surface area contributed by atoms with Crippen molar-refractivity contribution in [1.29, 1.82) is 0 Å². The van der Waals surface area contributed by atoms with E-state index in [9.17, 15) is 5.11 Å². The molecule has 2 atom stereocenters. The predicted octanol–water partition coefficient (Wildman–Crippen LogP) is 3.40.